The fourth-order valence-electron chi connectivity index (χ4n) is 3.05. The first kappa shape index (κ1) is 24.2. The Hall–Kier alpha value is -3.46. The van der Waals surface area contributed by atoms with E-state index in [1.165, 1.54) is 13.2 Å². The molecule has 0 radical (unpaired) electrons. The highest BCUT2D eigenvalue weighted by Gasteiger charge is 2.13. The lowest BCUT2D eigenvalue weighted by Crippen LogP contribution is -2.13. The number of ether oxygens (including phenoxy) is 2. The molecule has 3 rings (SSSR count). The number of hydrogen-bond acceptors (Lipinski definition) is 4. The zero-order valence-corrected chi connectivity index (χ0v) is 19.7. The van der Waals surface area contributed by atoms with Gasteiger partial charge in [-0.05, 0) is 60.0 Å². The van der Waals surface area contributed by atoms with Gasteiger partial charge in [0.25, 0.3) is 5.91 Å². The highest BCUT2D eigenvalue weighted by molar-refractivity contribution is 6.35. The quantitative estimate of drug-likeness (QED) is 0.288. The number of nitrogens with one attached hydrogen (secondary N) is 1. The predicted octanol–water partition coefficient (Wildman–Crippen LogP) is 6.69. The van der Waals surface area contributed by atoms with Crippen LogP contribution in [0.1, 0.15) is 23.6 Å². The lowest BCUT2D eigenvalue weighted by Gasteiger charge is -2.13. The summed E-state index contributed by atoms with van der Waals surface area (Å²) in [7, 11) is 1.51. The van der Waals surface area contributed by atoms with E-state index in [2.05, 4.69) is 12.2 Å². The fourth-order valence-corrected chi connectivity index (χ4v) is 3.56. The molecule has 0 saturated heterocycles. The van der Waals surface area contributed by atoms with E-state index in [1.54, 1.807) is 36.4 Å². The monoisotopic (exact) mass is 480 g/mol. The van der Waals surface area contributed by atoms with E-state index < -0.39 is 5.91 Å². The lowest BCUT2D eigenvalue weighted by molar-refractivity contribution is -0.112. The van der Waals surface area contributed by atoms with E-state index >= 15 is 0 Å². The van der Waals surface area contributed by atoms with Crippen molar-refractivity contribution in [3.63, 3.8) is 0 Å². The van der Waals surface area contributed by atoms with Gasteiger partial charge >= 0.3 is 0 Å². The molecule has 7 heteroatoms. The summed E-state index contributed by atoms with van der Waals surface area (Å²) >= 11 is 12.4. The third kappa shape index (κ3) is 6.29. The minimum absolute atomic E-state index is 0.0341. The number of amides is 1. The molecular formula is C26H22Cl2N2O3. The van der Waals surface area contributed by atoms with Crippen molar-refractivity contribution >= 4 is 40.9 Å². The second-order valence-corrected chi connectivity index (χ2v) is 7.89. The third-order valence-corrected chi connectivity index (χ3v) is 5.63. The maximum absolute atomic E-state index is 12.6. The Labute approximate surface area is 203 Å². The van der Waals surface area contributed by atoms with Crippen molar-refractivity contribution < 1.29 is 14.3 Å². The molecular weight excluding hydrogens is 459 g/mol. The summed E-state index contributed by atoms with van der Waals surface area (Å²) in [6.45, 7) is 2.22. The standard InChI is InChI=1S/C26H22Cl2N2O3/c1-3-17-7-10-20(11-8-17)30-26(31)19(15-29)13-18-9-12-24(25(14-18)32-2)33-16-21-22(27)5-4-6-23(21)28/h4-14H,3,16H2,1-2H3,(H,30,31)/b19-13-. The smallest absolute Gasteiger partial charge is 0.266 e. The molecule has 5 nitrogen and oxygen atoms in total. The molecule has 33 heavy (non-hydrogen) atoms. The normalized spacial score (nSPS) is 10.9. The molecule has 1 amide bonds. The summed E-state index contributed by atoms with van der Waals surface area (Å²) in [6, 6.07) is 19.8. The number of rotatable bonds is 8. The minimum Gasteiger partial charge on any atom is -0.493 e. The van der Waals surface area contributed by atoms with Crippen molar-refractivity contribution in [2.75, 3.05) is 12.4 Å². The van der Waals surface area contributed by atoms with E-state index in [9.17, 15) is 10.1 Å². The van der Waals surface area contributed by atoms with Crippen LogP contribution in [0.25, 0.3) is 6.08 Å². The average molecular weight is 481 g/mol. The number of halogens is 2. The lowest BCUT2D eigenvalue weighted by atomic mass is 10.1. The van der Waals surface area contributed by atoms with E-state index in [-0.39, 0.29) is 12.2 Å². The van der Waals surface area contributed by atoms with Gasteiger partial charge in [0.15, 0.2) is 11.5 Å². The molecule has 0 unspecified atom stereocenters. The molecule has 0 fully saturated rings. The summed E-state index contributed by atoms with van der Waals surface area (Å²) < 4.78 is 11.3. The number of aryl methyl sites for hydroxylation is 1. The van der Waals surface area contributed by atoms with E-state index in [0.29, 0.717) is 38.4 Å². The van der Waals surface area contributed by atoms with Gasteiger partial charge in [-0.1, -0.05) is 54.4 Å². The third-order valence-electron chi connectivity index (χ3n) is 4.92. The van der Waals surface area contributed by atoms with Crippen LogP contribution in [-0.2, 0) is 17.8 Å². The number of nitrogens with zero attached hydrogens (tertiary/aromatic N) is 1. The fraction of sp³-hybridized carbons (Fsp3) is 0.154. The van der Waals surface area contributed by atoms with Crippen LogP contribution in [0.15, 0.2) is 66.2 Å². The Morgan fingerprint density at radius 2 is 1.76 bits per heavy atom. The first-order chi connectivity index (χ1) is 15.9. The van der Waals surface area contributed by atoms with Gasteiger partial charge in [-0.15, -0.1) is 0 Å². The first-order valence-electron chi connectivity index (χ1n) is 10.2. The molecule has 168 valence electrons. The second kappa shape index (κ2) is 11.4. The Bertz CT molecular complexity index is 1190. The summed E-state index contributed by atoms with van der Waals surface area (Å²) in [4.78, 5) is 12.6. The number of hydrogen-bond donors (Lipinski definition) is 1. The largest absolute Gasteiger partial charge is 0.493 e. The van der Waals surface area contributed by atoms with Crippen molar-refractivity contribution in [3.05, 3.63) is 93.0 Å². The number of anilines is 1. The van der Waals surface area contributed by atoms with E-state index in [0.717, 1.165) is 12.0 Å². The number of carbonyl (C=O) groups excluding carboxylic acids is 1. The molecule has 3 aromatic carbocycles. The van der Waals surface area contributed by atoms with E-state index in [1.807, 2.05) is 30.3 Å². The van der Waals surface area contributed by atoms with Gasteiger partial charge in [0.1, 0.15) is 18.2 Å². The number of nitriles is 1. The van der Waals surface area contributed by atoms with Crippen LogP contribution in [0, 0.1) is 11.3 Å². The SMILES string of the molecule is CCc1ccc(NC(=O)/C(C#N)=C\c2ccc(OCc3c(Cl)cccc3Cl)c(OC)c2)cc1. The van der Waals surface area contributed by atoms with Crippen LogP contribution in [0.3, 0.4) is 0 Å². The highest BCUT2D eigenvalue weighted by Crippen LogP contribution is 2.32. The Balaban J connectivity index is 1.76. The number of benzene rings is 3. The minimum atomic E-state index is -0.491. The molecule has 0 aliphatic carbocycles. The van der Waals surface area contributed by atoms with Crippen molar-refractivity contribution in [1.29, 1.82) is 5.26 Å². The Morgan fingerprint density at radius 1 is 1.06 bits per heavy atom. The molecule has 0 aliphatic rings. The van der Waals surface area contributed by atoms with Crippen molar-refractivity contribution in [2.45, 2.75) is 20.0 Å². The summed E-state index contributed by atoms with van der Waals surface area (Å²) in [5.41, 5.74) is 3.03. The van der Waals surface area contributed by atoms with E-state index in [4.69, 9.17) is 32.7 Å². The van der Waals surface area contributed by atoms with Crippen LogP contribution in [-0.4, -0.2) is 13.0 Å². The molecule has 0 aliphatic heterocycles. The van der Waals surface area contributed by atoms with Gasteiger partial charge in [0.05, 0.1) is 7.11 Å². The first-order valence-corrected chi connectivity index (χ1v) is 11.0. The van der Waals surface area contributed by atoms with Gasteiger partial charge in [0.2, 0.25) is 0 Å². The van der Waals surface area contributed by atoms with Gasteiger partial charge in [-0.25, -0.2) is 0 Å². The zero-order chi connectivity index (χ0) is 23.8. The molecule has 0 spiro atoms. The maximum atomic E-state index is 12.6. The Kier molecular flexibility index (Phi) is 8.37. The van der Waals surface area contributed by atoms with Crippen molar-refractivity contribution in [1.82, 2.24) is 0 Å². The van der Waals surface area contributed by atoms with Crippen LogP contribution >= 0.6 is 23.2 Å². The maximum Gasteiger partial charge on any atom is 0.266 e. The van der Waals surface area contributed by atoms with Gasteiger partial charge < -0.3 is 14.8 Å². The second-order valence-electron chi connectivity index (χ2n) is 7.07. The number of carbonyl (C=O) groups is 1. The topological polar surface area (TPSA) is 71.4 Å². The summed E-state index contributed by atoms with van der Waals surface area (Å²) in [6.07, 6.45) is 2.40. The van der Waals surface area contributed by atoms with Crippen LogP contribution < -0.4 is 14.8 Å². The van der Waals surface area contributed by atoms with Crippen LogP contribution in [0.5, 0.6) is 11.5 Å². The molecule has 0 saturated carbocycles. The molecule has 1 N–H and O–H groups in total. The van der Waals surface area contributed by atoms with Crippen molar-refractivity contribution in [2.24, 2.45) is 0 Å². The molecule has 0 heterocycles. The van der Waals surface area contributed by atoms with Crippen LogP contribution in [0.4, 0.5) is 5.69 Å². The zero-order valence-electron chi connectivity index (χ0n) is 18.2. The predicted molar refractivity (Wildman–Crippen MR) is 132 cm³/mol. The molecule has 0 atom stereocenters. The molecule has 0 aromatic heterocycles. The Morgan fingerprint density at radius 3 is 2.36 bits per heavy atom. The number of methoxy groups -OCH3 is 1. The van der Waals surface area contributed by atoms with Gasteiger partial charge in [-0.2, -0.15) is 5.26 Å². The summed E-state index contributed by atoms with van der Waals surface area (Å²) in [5, 5.41) is 13.3. The summed E-state index contributed by atoms with van der Waals surface area (Å²) in [5.74, 6) is 0.429. The molecule has 3 aromatic rings. The average Bonchev–Trinajstić information content (AvgIpc) is 2.83. The highest BCUT2D eigenvalue weighted by atomic mass is 35.5. The van der Waals surface area contributed by atoms with Crippen molar-refractivity contribution in [3.8, 4) is 17.6 Å². The van der Waals surface area contributed by atoms with Gasteiger partial charge in [0, 0.05) is 21.3 Å². The van der Waals surface area contributed by atoms with Crippen LogP contribution in [0.2, 0.25) is 10.0 Å². The van der Waals surface area contributed by atoms with Gasteiger partial charge in [-0.3, -0.25) is 4.79 Å². The molecule has 0 bridgehead atoms.